The molecule has 0 spiro atoms. The van der Waals surface area contributed by atoms with Gasteiger partial charge >= 0.3 is 0 Å². The highest BCUT2D eigenvalue weighted by atomic mass is 16.3. The van der Waals surface area contributed by atoms with E-state index in [1.807, 2.05) is 27.7 Å². The smallest absolute Gasteiger partial charge is 0.290 e. The normalized spacial score (nSPS) is 12.9. The number of rotatable bonds is 3. The maximum absolute atomic E-state index is 12.3. The lowest BCUT2D eigenvalue weighted by Gasteiger charge is -2.23. The van der Waals surface area contributed by atoms with E-state index in [0.29, 0.717) is 11.5 Å². The largest absolute Gasteiger partial charge is 0.460 e. The summed E-state index contributed by atoms with van der Waals surface area (Å²) >= 11 is 0. The van der Waals surface area contributed by atoms with Gasteiger partial charge in [-0.3, -0.25) is 9.59 Å². The first-order chi connectivity index (χ1) is 10.6. The average molecular weight is 318 g/mol. The molecule has 2 aromatic rings. The molecule has 3 N–H and O–H groups in total. The number of carbonyl (C=O) groups is 1. The first kappa shape index (κ1) is 16.8. The quantitative estimate of drug-likeness (QED) is 0.899. The van der Waals surface area contributed by atoms with Crippen molar-refractivity contribution in [1.29, 1.82) is 0 Å². The summed E-state index contributed by atoms with van der Waals surface area (Å²) in [7, 11) is 0. The third-order valence-electron chi connectivity index (χ3n) is 3.20. The molecule has 0 aliphatic carbocycles. The predicted molar refractivity (Wildman–Crippen MR) is 88.0 cm³/mol. The number of hydrogen-bond donors (Lipinski definition) is 2. The van der Waals surface area contributed by atoms with Gasteiger partial charge in [-0.15, -0.1) is 0 Å². The Labute approximate surface area is 134 Å². The lowest BCUT2D eigenvalue weighted by atomic mass is 10.1. The first-order valence-corrected chi connectivity index (χ1v) is 7.36. The summed E-state index contributed by atoms with van der Waals surface area (Å²) in [5.74, 6) is 0.905. The molecule has 0 aliphatic heterocycles. The van der Waals surface area contributed by atoms with Crippen molar-refractivity contribution in [3.8, 4) is 11.5 Å². The monoisotopic (exact) mass is 318 g/mol. The zero-order valence-electron chi connectivity index (χ0n) is 14.0. The van der Waals surface area contributed by atoms with E-state index < -0.39 is 17.1 Å². The molecule has 124 valence electrons. The van der Waals surface area contributed by atoms with E-state index in [1.165, 1.54) is 6.07 Å². The minimum Gasteiger partial charge on any atom is -0.460 e. The number of nitrogen functional groups attached to an aromatic ring is 1. The molecule has 7 nitrogen and oxygen atoms in total. The van der Waals surface area contributed by atoms with Crippen molar-refractivity contribution in [2.45, 2.75) is 46.2 Å². The lowest BCUT2D eigenvalue weighted by Crippen LogP contribution is -2.46. The van der Waals surface area contributed by atoms with Crippen LogP contribution in [0.3, 0.4) is 0 Å². The van der Waals surface area contributed by atoms with Gasteiger partial charge in [0.2, 0.25) is 5.91 Å². The molecular formula is C16H22N4O3. The third kappa shape index (κ3) is 3.80. The molecule has 0 aromatic carbocycles. The zero-order chi connectivity index (χ0) is 17.4. The highest BCUT2D eigenvalue weighted by molar-refractivity contribution is 5.80. The first-order valence-electron chi connectivity index (χ1n) is 7.36. The van der Waals surface area contributed by atoms with Crippen LogP contribution < -0.4 is 16.6 Å². The minimum absolute atomic E-state index is 0.0134. The van der Waals surface area contributed by atoms with Crippen LogP contribution in [-0.2, 0) is 4.79 Å². The number of amides is 1. The number of nitrogens with zero attached hydrogens (tertiary/aromatic N) is 2. The van der Waals surface area contributed by atoms with Crippen LogP contribution in [0.1, 0.15) is 39.5 Å². The van der Waals surface area contributed by atoms with Gasteiger partial charge in [-0.25, -0.2) is 4.68 Å². The van der Waals surface area contributed by atoms with Gasteiger partial charge in [0, 0.05) is 5.54 Å². The molecular weight excluding hydrogens is 296 g/mol. The predicted octanol–water partition coefficient (Wildman–Crippen LogP) is 1.87. The molecule has 23 heavy (non-hydrogen) atoms. The highest BCUT2D eigenvalue weighted by Gasteiger charge is 2.23. The summed E-state index contributed by atoms with van der Waals surface area (Å²) in [5, 5.41) is 7.06. The van der Waals surface area contributed by atoms with Crippen molar-refractivity contribution in [2.24, 2.45) is 0 Å². The molecule has 0 bridgehead atoms. The third-order valence-corrected chi connectivity index (χ3v) is 3.20. The number of nitrogens with two attached hydrogens (primary N) is 1. The second-order valence-electron chi connectivity index (χ2n) is 6.56. The van der Waals surface area contributed by atoms with E-state index in [0.717, 1.165) is 10.4 Å². The van der Waals surface area contributed by atoms with Crippen molar-refractivity contribution in [2.75, 3.05) is 5.73 Å². The molecule has 2 heterocycles. The van der Waals surface area contributed by atoms with Crippen molar-refractivity contribution in [1.82, 2.24) is 15.1 Å². The Morgan fingerprint density at radius 2 is 2.04 bits per heavy atom. The van der Waals surface area contributed by atoms with E-state index in [-0.39, 0.29) is 11.6 Å². The van der Waals surface area contributed by atoms with Crippen LogP contribution in [0.4, 0.5) is 5.69 Å². The second-order valence-corrected chi connectivity index (χ2v) is 6.56. The highest BCUT2D eigenvalue weighted by Crippen LogP contribution is 2.21. The maximum Gasteiger partial charge on any atom is 0.290 e. The van der Waals surface area contributed by atoms with Gasteiger partial charge in [0.25, 0.3) is 5.56 Å². The molecule has 1 atom stereocenters. The lowest BCUT2D eigenvalue weighted by molar-refractivity contribution is -0.125. The van der Waals surface area contributed by atoms with Gasteiger partial charge in [-0.1, -0.05) is 0 Å². The number of furan rings is 1. The van der Waals surface area contributed by atoms with E-state index in [2.05, 4.69) is 10.4 Å². The fraction of sp³-hybridized carbons (Fsp3) is 0.438. The molecule has 2 aromatic heterocycles. The second kappa shape index (κ2) is 5.91. The van der Waals surface area contributed by atoms with Crippen molar-refractivity contribution >= 4 is 11.6 Å². The molecule has 0 saturated heterocycles. The Hall–Kier alpha value is -2.57. The molecule has 0 saturated carbocycles. The Morgan fingerprint density at radius 1 is 1.39 bits per heavy atom. The summed E-state index contributed by atoms with van der Waals surface area (Å²) in [6.07, 6.45) is 0. The summed E-state index contributed by atoms with van der Waals surface area (Å²) in [6.45, 7) is 9.01. The van der Waals surface area contributed by atoms with Crippen molar-refractivity contribution < 1.29 is 9.21 Å². The van der Waals surface area contributed by atoms with Gasteiger partial charge < -0.3 is 15.5 Å². The zero-order valence-corrected chi connectivity index (χ0v) is 14.0. The topological polar surface area (TPSA) is 103 Å². The van der Waals surface area contributed by atoms with Crippen LogP contribution in [0, 0.1) is 6.92 Å². The van der Waals surface area contributed by atoms with E-state index in [9.17, 15) is 9.59 Å². The fourth-order valence-electron chi connectivity index (χ4n) is 2.07. The Balaban J connectivity index is 2.44. The molecule has 0 unspecified atom stereocenters. The van der Waals surface area contributed by atoms with Gasteiger partial charge in [0.05, 0.1) is 0 Å². The molecule has 2 rings (SSSR count). The molecule has 1 amide bonds. The molecule has 0 aliphatic rings. The standard InChI is InChI=1S/C16H22N4O3/c1-9-6-7-13(23-9)12-8-11(17)15(22)20(19-12)10(2)14(21)18-16(3,4)5/h6-8,10H,17H2,1-5H3,(H,18,21)/t10-/m1/s1. The van der Waals surface area contributed by atoms with Crippen LogP contribution in [-0.4, -0.2) is 21.2 Å². The SMILES string of the molecule is Cc1ccc(-c2cc(N)c(=O)n([C@H](C)C(=O)NC(C)(C)C)n2)o1. The fourth-order valence-corrected chi connectivity index (χ4v) is 2.07. The number of aryl methyl sites for hydroxylation is 1. The van der Waals surface area contributed by atoms with Crippen LogP contribution in [0.2, 0.25) is 0 Å². The van der Waals surface area contributed by atoms with Crippen LogP contribution in [0.5, 0.6) is 0 Å². The molecule has 0 fully saturated rings. The number of anilines is 1. The molecule has 7 heteroatoms. The van der Waals surface area contributed by atoms with Crippen molar-refractivity contribution in [3.63, 3.8) is 0 Å². The Morgan fingerprint density at radius 3 is 2.57 bits per heavy atom. The summed E-state index contributed by atoms with van der Waals surface area (Å²) in [4.78, 5) is 24.5. The Bertz CT molecular complexity index is 783. The van der Waals surface area contributed by atoms with Gasteiger partial charge in [-0.2, -0.15) is 5.10 Å². The average Bonchev–Trinajstić information content (AvgIpc) is 2.85. The number of aromatic nitrogens is 2. The summed E-state index contributed by atoms with van der Waals surface area (Å²) in [5.41, 5.74) is 5.29. The van der Waals surface area contributed by atoms with E-state index in [4.69, 9.17) is 10.2 Å². The maximum atomic E-state index is 12.3. The van der Waals surface area contributed by atoms with Gasteiger partial charge in [0.1, 0.15) is 23.2 Å². The van der Waals surface area contributed by atoms with E-state index in [1.54, 1.807) is 19.1 Å². The number of nitrogens with one attached hydrogen (secondary N) is 1. The minimum atomic E-state index is -0.792. The van der Waals surface area contributed by atoms with Gasteiger partial charge in [0.15, 0.2) is 5.76 Å². The molecule has 0 radical (unpaired) electrons. The van der Waals surface area contributed by atoms with Crippen LogP contribution in [0.25, 0.3) is 11.5 Å². The van der Waals surface area contributed by atoms with Crippen molar-refractivity contribution in [3.05, 3.63) is 34.3 Å². The van der Waals surface area contributed by atoms with Gasteiger partial charge in [-0.05, 0) is 52.8 Å². The summed E-state index contributed by atoms with van der Waals surface area (Å²) < 4.78 is 6.59. The number of carbonyl (C=O) groups excluding carboxylic acids is 1. The summed E-state index contributed by atoms with van der Waals surface area (Å²) in [6, 6.07) is 4.19. The Kier molecular flexibility index (Phi) is 4.31. The van der Waals surface area contributed by atoms with E-state index >= 15 is 0 Å². The van der Waals surface area contributed by atoms with Crippen LogP contribution >= 0.6 is 0 Å². The number of hydrogen-bond acceptors (Lipinski definition) is 5. The van der Waals surface area contributed by atoms with Crippen LogP contribution in [0.15, 0.2) is 27.4 Å².